The molecule has 1 aromatic carbocycles. The Morgan fingerprint density at radius 1 is 1.13 bits per heavy atom. The molecule has 1 aromatic rings. The Morgan fingerprint density at radius 3 is 2.57 bits per heavy atom. The maximum atomic E-state index is 12.2. The second kappa shape index (κ2) is 10.0. The average molecular weight is 360 g/mol. The van der Waals surface area contributed by atoms with Crippen LogP contribution in [0.1, 0.15) is 38.5 Å². The van der Waals surface area contributed by atoms with Crippen molar-refractivity contribution in [2.24, 2.45) is 0 Å². The molecule has 2 fully saturated rings. The summed E-state index contributed by atoms with van der Waals surface area (Å²) in [6, 6.07) is 8.54. The van der Waals surface area contributed by atoms with Gasteiger partial charge < -0.3 is 15.5 Å². The summed E-state index contributed by atoms with van der Waals surface area (Å²) in [4.78, 5) is 14.6. The van der Waals surface area contributed by atoms with Gasteiger partial charge in [0.2, 0.25) is 5.91 Å². The summed E-state index contributed by atoms with van der Waals surface area (Å²) in [5, 5.41) is 6.49. The standard InChI is InChI=1S/C17H25N3O.2ClH/c21-17(13-14-7-6-10-18-14)19-15-8-2-3-9-16(15)20-11-4-1-5-12-20;;/h2-3,8-9,14,18H,1,4-7,10-13H2,(H,19,21);2*1H. The van der Waals surface area contributed by atoms with Crippen LogP contribution in [-0.4, -0.2) is 31.6 Å². The Balaban J connectivity index is 0.00000132. The van der Waals surface area contributed by atoms with Crippen LogP contribution in [0.5, 0.6) is 0 Å². The predicted octanol–water partition coefficient (Wildman–Crippen LogP) is 3.60. The molecule has 6 heteroatoms. The van der Waals surface area contributed by atoms with E-state index >= 15 is 0 Å². The first-order chi connectivity index (χ1) is 10.3. The molecule has 1 amide bonds. The van der Waals surface area contributed by atoms with Crippen molar-refractivity contribution in [2.75, 3.05) is 29.9 Å². The van der Waals surface area contributed by atoms with Crippen LogP contribution in [0.25, 0.3) is 0 Å². The van der Waals surface area contributed by atoms with Crippen LogP contribution in [0.15, 0.2) is 24.3 Å². The molecule has 0 bridgehead atoms. The Hall–Kier alpha value is -0.970. The number of rotatable bonds is 4. The molecular formula is C17H27Cl2N3O. The van der Waals surface area contributed by atoms with Crippen molar-refractivity contribution in [3.05, 3.63) is 24.3 Å². The fraction of sp³-hybridized carbons (Fsp3) is 0.588. The van der Waals surface area contributed by atoms with Crippen LogP contribution in [0.3, 0.4) is 0 Å². The highest BCUT2D eigenvalue weighted by Gasteiger charge is 2.19. The zero-order chi connectivity index (χ0) is 14.5. The number of carbonyl (C=O) groups is 1. The highest BCUT2D eigenvalue weighted by atomic mass is 35.5. The number of halogens is 2. The van der Waals surface area contributed by atoms with E-state index in [0.717, 1.165) is 31.7 Å². The van der Waals surface area contributed by atoms with E-state index in [9.17, 15) is 4.79 Å². The first-order valence-corrected chi connectivity index (χ1v) is 8.20. The zero-order valence-electron chi connectivity index (χ0n) is 13.4. The summed E-state index contributed by atoms with van der Waals surface area (Å²) < 4.78 is 0. The Kier molecular flexibility index (Phi) is 8.74. The van der Waals surface area contributed by atoms with Crippen LogP contribution in [-0.2, 0) is 4.79 Å². The SMILES string of the molecule is Cl.Cl.O=C(CC1CCCN1)Nc1ccccc1N1CCCCC1. The second-order valence-electron chi connectivity index (χ2n) is 6.11. The maximum Gasteiger partial charge on any atom is 0.225 e. The number of para-hydroxylation sites is 2. The van der Waals surface area contributed by atoms with Crippen molar-refractivity contribution < 1.29 is 4.79 Å². The number of nitrogens with zero attached hydrogens (tertiary/aromatic N) is 1. The molecule has 3 rings (SSSR count). The van der Waals surface area contributed by atoms with Gasteiger partial charge in [0.1, 0.15) is 0 Å². The highest BCUT2D eigenvalue weighted by Crippen LogP contribution is 2.28. The number of hydrogen-bond acceptors (Lipinski definition) is 3. The van der Waals surface area contributed by atoms with Crippen LogP contribution < -0.4 is 15.5 Å². The molecule has 2 aliphatic rings. The number of amides is 1. The van der Waals surface area contributed by atoms with E-state index in [1.165, 1.54) is 31.4 Å². The molecule has 23 heavy (non-hydrogen) atoms. The van der Waals surface area contributed by atoms with Gasteiger partial charge in [-0.15, -0.1) is 24.8 Å². The summed E-state index contributed by atoms with van der Waals surface area (Å²) in [5.41, 5.74) is 2.13. The Morgan fingerprint density at radius 2 is 1.87 bits per heavy atom. The minimum Gasteiger partial charge on any atom is -0.370 e. The quantitative estimate of drug-likeness (QED) is 0.862. The summed E-state index contributed by atoms with van der Waals surface area (Å²) in [6.07, 6.45) is 6.68. The van der Waals surface area contributed by atoms with Crippen LogP contribution >= 0.6 is 24.8 Å². The van der Waals surface area contributed by atoms with Gasteiger partial charge in [0, 0.05) is 25.6 Å². The van der Waals surface area contributed by atoms with Gasteiger partial charge in [0.15, 0.2) is 0 Å². The van der Waals surface area contributed by atoms with Crippen molar-refractivity contribution in [3.8, 4) is 0 Å². The number of benzene rings is 1. The molecule has 1 unspecified atom stereocenters. The molecule has 0 spiro atoms. The van der Waals surface area contributed by atoms with E-state index in [2.05, 4.69) is 27.7 Å². The number of carbonyl (C=O) groups excluding carboxylic acids is 1. The third-order valence-corrected chi connectivity index (χ3v) is 4.47. The fourth-order valence-corrected chi connectivity index (χ4v) is 3.35. The van der Waals surface area contributed by atoms with Crippen molar-refractivity contribution in [1.29, 1.82) is 0 Å². The predicted molar refractivity (Wildman–Crippen MR) is 101 cm³/mol. The van der Waals surface area contributed by atoms with Gasteiger partial charge in [-0.05, 0) is 50.8 Å². The van der Waals surface area contributed by atoms with E-state index in [-0.39, 0.29) is 30.7 Å². The first-order valence-electron chi connectivity index (χ1n) is 8.20. The monoisotopic (exact) mass is 359 g/mol. The zero-order valence-corrected chi connectivity index (χ0v) is 15.1. The largest absolute Gasteiger partial charge is 0.370 e. The number of hydrogen-bond donors (Lipinski definition) is 2. The van der Waals surface area contributed by atoms with Crippen molar-refractivity contribution >= 4 is 42.1 Å². The van der Waals surface area contributed by atoms with E-state index in [4.69, 9.17) is 0 Å². The first kappa shape index (κ1) is 20.1. The van der Waals surface area contributed by atoms with Gasteiger partial charge in [0.25, 0.3) is 0 Å². The Bertz CT molecular complexity index is 486. The third-order valence-electron chi connectivity index (χ3n) is 4.47. The normalized spacial score (nSPS) is 20.3. The summed E-state index contributed by atoms with van der Waals surface area (Å²) >= 11 is 0. The number of nitrogens with one attached hydrogen (secondary N) is 2. The molecule has 4 nitrogen and oxygen atoms in total. The lowest BCUT2D eigenvalue weighted by Crippen LogP contribution is -2.31. The molecule has 0 aliphatic carbocycles. The summed E-state index contributed by atoms with van der Waals surface area (Å²) in [6.45, 7) is 3.23. The second-order valence-corrected chi connectivity index (χ2v) is 6.11. The van der Waals surface area contributed by atoms with E-state index in [1.807, 2.05) is 12.1 Å². The molecule has 2 saturated heterocycles. The molecule has 1 atom stereocenters. The van der Waals surface area contributed by atoms with Gasteiger partial charge in [-0.2, -0.15) is 0 Å². The van der Waals surface area contributed by atoms with Gasteiger partial charge in [-0.3, -0.25) is 4.79 Å². The van der Waals surface area contributed by atoms with Crippen molar-refractivity contribution in [1.82, 2.24) is 5.32 Å². The fourth-order valence-electron chi connectivity index (χ4n) is 3.35. The smallest absolute Gasteiger partial charge is 0.225 e. The molecule has 2 heterocycles. The van der Waals surface area contributed by atoms with E-state index in [1.54, 1.807) is 0 Å². The van der Waals surface area contributed by atoms with Gasteiger partial charge in [0.05, 0.1) is 11.4 Å². The maximum absolute atomic E-state index is 12.2. The van der Waals surface area contributed by atoms with E-state index in [0.29, 0.717) is 12.5 Å². The highest BCUT2D eigenvalue weighted by molar-refractivity contribution is 5.94. The molecular weight excluding hydrogens is 333 g/mol. The molecule has 0 aromatic heterocycles. The number of anilines is 2. The molecule has 2 aliphatic heterocycles. The van der Waals surface area contributed by atoms with Gasteiger partial charge in [-0.1, -0.05) is 12.1 Å². The van der Waals surface area contributed by atoms with Crippen molar-refractivity contribution in [2.45, 2.75) is 44.6 Å². The molecule has 0 saturated carbocycles. The summed E-state index contributed by atoms with van der Waals surface area (Å²) in [5.74, 6) is 0.124. The van der Waals surface area contributed by atoms with Crippen LogP contribution in [0.2, 0.25) is 0 Å². The lowest BCUT2D eigenvalue weighted by Gasteiger charge is -2.30. The van der Waals surface area contributed by atoms with Gasteiger partial charge in [-0.25, -0.2) is 0 Å². The topological polar surface area (TPSA) is 44.4 Å². The molecule has 130 valence electrons. The van der Waals surface area contributed by atoms with Crippen LogP contribution in [0, 0.1) is 0 Å². The lowest BCUT2D eigenvalue weighted by molar-refractivity contribution is -0.116. The third kappa shape index (κ3) is 5.55. The lowest BCUT2D eigenvalue weighted by atomic mass is 10.1. The minimum atomic E-state index is 0. The average Bonchev–Trinajstić information content (AvgIpc) is 3.01. The van der Waals surface area contributed by atoms with Crippen molar-refractivity contribution in [3.63, 3.8) is 0 Å². The Labute approximate surface area is 151 Å². The summed E-state index contributed by atoms with van der Waals surface area (Å²) in [7, 11) is 0. The van der Waals surface area contributed by atoms with Crippen LogP contribution in [0.4, 0.5) is 11.4 Å². The molecule has 0 radical (unpaired) electrons. The minimum absolute atomic E-state index is 0. The number of piperidine rings is 1. The van der Waals surface area contributed by atoms with Gasteiger partial charge >= 0.3 is 0 Å². The molecule has 2 N–H and O–H groups in total. The van der Waals surface area contributed by atoms with E-state index < -0.39 is 0 Å².